The van der Waals surface area contributed by atoms with E-state index in [1.54, 1.807) is 0 Å². The van der Waals surface area contributed by atoms with E-state index in [1.165, 1.54) is 92.5 Å². The summed E-state index contributed by atoms with van der Waals surface area (Å²) in [4.78, 5) is 2.47. The highest BCUT2D eigenvalue weighted by atomic mass is 32.1. The number of thiophene rings is 1. The maximum Gasteiger partial charge on any atom is 0.132 e. The highest BCUT2D eigenvalue weighted by molar-refractivity contribution is 7.25. The van der Waals surface area contributed by atoms with Crippen LogP contribution >= 0.6 is 11.3 Å². The monoisotopic (exact) mass is 1010 g/mol. The Morgan fingerprint density at radius 3 is 1.31 bits per heavy atom. The van der Waals surface area contributed by atoms with E-state index >= 15 is 0 Å². The van der Waals surface area contributed by atoms with Crippen LogP contribution in [0.1, 0.15) is 44.5 Å². The van der Waals surface area contributed by atoms with Crippen molar-refractivity contribution in [1.82, 2.24) is 0 Å². The summed E-state index contributed by atoms with van der Waals surface area (Å²) in [5.41, 5.74) is 21.5. The normalized spacial score (nSPS) is 14.1. The molecule has 3 nitrogen and oxygen atoms in total. The lowest BCUT2D eigenvalue weighted by Gasteiger charge is -2.39. The van der Waals surface area contributed by atoms with Crippen LogP contribution in [-0.2, 0) is 10.8 Å². The molecule has 1 aromatic heterocycles. The molecule has 2 spiro atoms. The van der Waals surface area contributed by atoms with Crippen molar-refractivity contribution in [2.75, 3.05) is 4.90 Å². The summed E-state index contributed by atoms with van der Waals surface area (Å²) in [5, 5.41) is 2.61. The van der Waals surface area contributed by atoms with Crippen molar-refractivity contribution < 1.29 is 9.47 Å². The Labute approximate surface area is 456 Å². The van der Waals surface area contributed by atoms with Gasteiger partial charge in [-0.25, -0.2) is 0 Å². The Hall–Kier alpha value is -9.74. The average molecular weight is 1010 g/mol. The van der Waals surface area contributed by atoms with Gasteiger partial charge in [0.1, 0.15) is 23.0 Å². The van der Waals surface area contributed by atoms with E-state index in [4.69, 9.17) is 9.47 Å². The van der Waals surface area contributed by atoms with Gasteiger partial charge < -0.3 is 14.4 Å². The number of rotatable bonds is 5. The van der Waals surface area contributed by atoms with Crippen molar-refractivity contribution in [3.8, 4) is 67.5 Å². The van der Waals surface area contributed by atoms with E-state index < -0.39 is 10.8 Å². The molecule has 4 heteroatoms. The van der Waals surface area contributed by atoms with Gasteiger partial charge in [-0.2, -0.15) is 0 Å². The summed E-state index contributed by atoms with van der Waals surface area (Å²) in [6.07, 6.45) is 0. The predicted molar refractivity (Wildman–Crippen MR) is 320 cm³/mol. The first-order valence-electron chi connectivity index (χ1n) is 26.8. The number of anilines is 3. The van der Waals surface area contributed by atoms with Crippen molar-refractivity contribution in [3.05, 3.63) is 317 Å². The molecule has 0 bridgehead atoms. The largest absolute Gasteiger partial charge is 0.457 e. The Morgan fingerprint density at radius 1 is 0.282 bits per heavy atom. The Morgan fingerprint density at radius 2 is 0.705 bits per heavy atom. The van der Waals surface area contributed by atoms with E-state index in [9.17, 15) is 0 Å². The van der Waals surface area contributed by atoms with Gasteiger partial charge in [-0.15, -0.1) is 11.3 Å². The highest BCUT2D eigenvalue weighted by Gasteiger charge is 2.53. The minimum atomic E-state index is -0.600. The molecule has 0 saturated carbocycles. The van der Waals surface area contributed by atoms with Crippen LogP contribution in [0.25, 0.3) is 64.7 Å². The van der Waals surface area contributed by atoms with Crippen molar-refractivity contribution in [3.63, 3.8) is 0 Å². The van der Waals surface area contributed by atoms with E-state index in [1.807, 2.05) is 11.3 Å². The van der Waals surface area contributed by atoms with Crippen LogP contribution in [0.15, 0.2) is 273 Å². The highest BCUT2D eigenvalue weighted by Crippen LogP contribution is 2.65. The van der Waals surface area contributed by atoms with Gasteiger partial charge in [0, 0.05) is 59.4 Å². The summed E-state index contributed by atoms with van der Waals surface area (Å²) in [5.74, 6) is 3.56. The average Bonchev–Trinajstić information content (AvgIpc) is 4.24. The zero-order valence-corrected chi connectivity index (χ0v) is 43.0. The number of fused-ring (bicyclic) bond motifs is 21. The van der Waals surface area contributed by atoms with Gasteiger partial charge in [0.25, 0.3) is 0 Å². The third-order valence-corrected chi connectivity index (χ3v) is 18.4. The van der Waals surface area contributed by atoms with Gasteiger partial charge in [0.2, 0.25) is 0 Å². The van der Waals surface area contributed by atoms with E-state index in [-0.39, 0.29) is 0 Å². The molecule has 4 aliphatic rings. The first kappa shape index (κ1) is 43.5. The molecular weight excluding hydrogens is 967 g/mol. The molecule has 0 radical (unpaired) electrons. The number of hydrogen-bond acceptors (Lipinski definition) is 4. The molecule has 13 aromatic rings. The second-order valence-electron chi connectivity index (χ2n) is 21.0. The summed E-state index contributed by atoms with van der Waals surface area (Å²) in [7, 11) is 0. The third kappa shape index (κ3) is 5.87. The molecule has 12 aromatic carbocycles. The van der Waals surface area contributed by atoms with Gasteiger partial charge in [-0.1, -0.05) is 194 Å². The predicted octanol–water partition coefficient (Wildman–Crippen LogP) is 19.8. The van der Waals surface area contributed by atoms with Gasteiger partial charge in [0.05, 0.1) is 16.5 Å². The van der Waals surface area contributed by atoms with Crippen molar-refractivity contribution >= 4 is 48.6 Å². The van der Waals surface area contributed by atoms with Crippen LogP contribution in [0.2, 0.25) is 0 Å². The molecule has 0 fully saturated rings. The van der Waals surface area contributed by atoms with Crippen LogP contribution < -0.4 is 14.4 Å². The zero-order valence-electron chi connectivity index (χ0n) is 42.2. The molecule has 2 aliphatic heterocycles. The Balaban J connectivity index is 0.835. The molecule has 0 atom stereocenters. The standard InChI is InChI=1S/C74H45NO2S/c1-4-19-57-52(16-1)55-44-48(36-42-59(55)73(57)60-21-6-10-27-66(60)76-67-28-11-7-22-61(67)73)46-32-38-50(39-33-46)75(51-40-34-47(35-41-51)49-37-43-71-56(45-49)53-17-3-14-31-70(53)78-71)65-26-15-25-64-72(65)54-18-2-5-20-58(54)74(64)62-23-8-12-29-68(62)77-69-30-13-9-24-63(69)74/h1-45H. The number of nitrogens with zero attached hydrogens (tertiary/aromatic N) is 1. The molecule has 3 heterocycles. The SMILES string of the molecule is c1ccc2c(c1)Oc1ccccc1C21c2ccccc2-c2cc(-c3ccc(N(c4ccc(-c5ccc6sc7ccccc7c6c5)cc4)c4cccc5c4-c4ccccc4C54c5ccccc5Oc5ccccc54)cc3)ccc21. The molecule has 0 N–H and O–H groups in total. The lowest BCUT2D eigenvalue weighted by atomic mass is 9.66. The molecule has 0 saturated heterocycles. The summed E-state index contributed by atoms with van der Waals surface area (Å²) in [6.45, 7) is 0. The molecule has 17 rings (SSSR count). The van der Waals surface area contributed by atoms with Gasteiger partial charge in [-0.3, -0.25) is 0 Å². The fraction of sp³-hybridized carbons (Fsp3) is 0.0270. The topological polar surface area (TPSA) is 21.7 Å². The molecule has 0 unspecified atom stereocenters. The first-order chi connectivity index (χ1) is 38.7. The number of para-hydroxylation sites is 4. The zero-order chi connectivity index (χ0) is 51.1. The molecule has 364 valence electrons. The maximum absolute atomic E-state index is 6.73. The van der Waals surface area contributed by atoms with Crippen LogP contribution in [0.5, 0.6) is 23.0 Å². The van der Waals surface area contributed by atoms with Crippen molar-refractivity contribution in [2.45, 2.75) is 10.8 Å². The lowest BCUT2D eigenvalue weighted by Crippen LogP contribution is -2.32. The van der Waals surface area contributed by atoms with Crippen LogP contribution in [-0.4, -0.2) is 0 Å². The Bertz CT molecular complexity index is 4550. The van der Waals surface area contributed by atoms with E-state index in [0.29, 0.717) is 0 Å². The quantitative estimate of drug-likeness (QED) is 0.171. The fourth-order valence-corrected chi connectivity index (χ4v) is 15.1. The molecule has 78 heavy (non-hydrogen) atoms. The number of ether oxygens (including phenoxy) is 2. The number of hydrogen-bond donors (Lipinski definition) is 0. The molecule has 2 aliphatic carbocycles. The third-order valence-electron chi connectivity index (χ3n) is 17.2. The van der Waals surface area contributed by atoms with E-state index in [2.05, 4.69) is 278 Å². The lowest BCUT2D eigenvalue weighted by molar-refractivity contribution is 0.436. The summed E-state index contributed by atoms with van der Waals surface area (Å²) >= 11 is 1.86. The Kier molecular flexibility index (Phi) is 9.14. The smallest absolute Gasteiger partial charge is 0.132 e. The van der Waals surface area contributed by atoms with Crippen LogP contribution in [0.3, 0.4) is 0 Å². The van der Waals surface area contributed by atoms with Crippen molar-refractivity contribution in [1.29, 1.82) is 0 Å². The second kappa shape index (κ2) is 16.4. The van der Waals surface area contributed by atoms with Crippen LogP contribution in [0, 0.1) is 0 Å². The van der Waals surface area contributed by atoms with Crippen molar-refractivity contribution in [2.24, 2.45) is 0 Å². The molecule has 0 amide bonds. The number of benzene rings is 12. The summed E-state index contributed by atoms with van der Waals surface area (Å²) in [6, 6.07) is 100. The minimum absolute atomic E-state index is 0.511. The van der Waals surface area contributed by atoms with Gasteiger partial charge in [-0.05, 0) is 140 Å². The second-order valence-corrected chi connectivity index (χ2v) is 22.1. The minimum Gasteiger partial charge on any atom is -0.457 e. The summed E-state index contributed by atoms with van der Waals surface area (Å²) < 4.78 is 16.0. The van der Waals surface area contributed by atoms with Crippen LogP contribution in [0.4, 0.5) is 17.1 Å². The first-order valence-corrected chi connectivity index (χ1v) is 27.6. The van der Waals surface area contributed by atoms with Gasteiger partial charge >= 0.3 is 0 Å². The maximum atomic E-state index is 6.73. The molecular formula is C74H45NO2S. The fourth-order valence-electron chi connectivity index (χ4n) is 14.0. The van der Waals surface area contributed by atoms with Gasteiger partial charge in [0.15, 0.2) is 0 Å². The van der Waals surface area contributed by atoms with E-state index in [0.717, 1.165) is 56.8 Å².